The Morgan fingerprint density at radius 1 is 1.57 bits per heavy atom. The molecule has 118 valence electrons. The number of nitrogens with two attached hydrogens (primary N) is 1. The number of aromatic nitrogens is 2. The molecule has 0 saturated carbocycles. The number of likely N-dealkylation sites (tertiary alicyclic amines) is 1. The molecule has 7 nitrogen and oxygen atoms in total. The van der Waals surface area contributed by atoms with Gasteiger partial charge in [-0.15, -0.1) is 0 Å². The first-order valence-corrected chi connectivity index (χ1v) is 7.14. The molecule has 0 spiro atoms. The average Bonchev–Trinajstić information content (AvgIpc) is 3.18. The summed E-state index contributed by atoms with van der Waals surface area (Å²) < 4.78 is 19.1. The van der Waals surface area contributed by atoms with E-state index in [1.807, 2.05) is 11.0 Å². The first-order valence-electron chi connectivity index (χ1n) is 7.14. The minimum atomic E-state index is -0.752. The highest BCUT2D eigenvalue weighted by Crippen LogP contribution is 2.32. The maximum atomic E-state index is 14.0. The molecule has 2 heterocycles. The zero-order chi connectivity index (χ0) is 16.4. The quantitative estimate of drug-likeness (QED) is 0.916. The zero-order valence-corrected chi connectivity index (χ0v) is 12.2. The summed E-state index contributed by atoms with van der Waals surface area (Å²) in [5, 5.41) is 12.5. The topological polar surface area (TPSA) is 109 Å². The molecule has 1 amide bonds. The molecule has 2 aromatic rings. The van der Waals surface area contributed by atoms with Gasteiger partial charge in [-0.2, -0.15) is 10.2 Å². The molecular formula is C15H14FN5O2. The van der Waals surface area contributed by atoms with Gasteiger partial charge < -0.3 is 10.3 Å². The second kappa shape index (κ2) is 6.14. The smallest absolute Gasteiger partial charge is 0.290 e. The number of halogens is 1. The number of primary amides is 1. The highest BCUT2D eigenvalue weighted by atomic mass is 19.1. The normalized spacial score (nSPS) is 18.0. The first kappa shape index (κ1) is 15.1. The predicted molar refractivity (Wildman–Crippen MR) is 76.3 cm³/mol. The van der Waals surface area contributed by atoms with Crippen molar-refractivity contribution in [1.29, 1.82) is 5.26 Å². The molecule has 1 aliphatic rings. The number of rotatable bonds is 4. The maximum Gasteiger partial charge on any atom is 0.290 e. The molecule has 1 aliphatic heterocycles. The van der Waals surface area contributed by atoms with Gasteiger partial charge in [0.2, 0.25) is 5.89 Å². The predicted octanol–water partition coefficient (Wildman–Crippen LogP) is 1.52. The van der Waals surface area contributed by atoms with Crippen molar-refractivity contribution < 1.29 is 13.7 Å². The second-order valence-electron chi connectivity index (χ2n) is 5.37. The van der Waals surface area contributed by atoms with Crippen molar-refractivity contribution in [1.82, 2.24) is 15.0 Å². The van der Waals surface area contributed by atoms with Crippen LogP contribution in [0, 0.1) is 17.1 Å². The van der Waals surface area contributed by atoms with E-state index >= 15 is 0 Å². The number of hydrogen-bond acceptors (Lipinski definition) is 6. The summed E-state index contributed by atoms with van der Waals surface area (Å²) in [6.45, 7) is 1.05. The Kier molecular flexibility index (Phi) is 4.04. The van der Waals surface area contributed by atoms with Gasteiger partial charge in [0.1, 0.15) is 5.82 Å². The molecule has 2 N–H and O–H groups in total. The fourth-order valence-corrected chi connectivity index (χ4v) is 2.75. The third kappa shape index (κ3) is 3.05. The van der Waals surface area contributed by atoms with Crippen LogP contribution in [0.4, 0.5) is 4.39 Å². The van der Waals surface area contributed by atoms with E-state index in [0.29, 0.717) is 23.6 Å². The van der Waals surface area contributed by atoms with Crippen molar-refractivity contribution in [2.75, 3.05) is 6.54 Å². The molecule has 1 fully saturated rings. The fourth-order valence-electron chi connectivity index (χ4n) is 2.75. The Morgan fingerprint density at radius 3 is 3.09 bits per heavy atom. The molecule has 1 aromatic carbocycles. The van der Waals surface area contributed by atoms with E-state index in [0.717, 1.165) is 19.4 Å². The summed E-state index contributed by atoms with van der Waals surface area (Å²) in [5.74, 6) is -0.979. The van der Waals surface area contributed by atoms with Gasteiger partial charge in [-0.3, -0.25) is 9.69 Å². The average molecular weight is 315 g/mol. The third-order valence-electron chi connectivity index (χ3n) is 3.86. The molecular weight excluding hydrogens is 301 g/mol. The lowest BCUT2D eigenvalue weighted by atomic mass is 10.1. The highest BCUT2D eigenvalue weighted by Gasteiger charge is 2.31. The fraction of sp³-hybridized carbons (Fsp3) is 0.333. The third-order valence-corrected chi connectivity index (χ3v) is 3.86. The van der Waals surface area contributed by atoms with Gasteiger partial charge in [0, 0.05) is 12.1 Å². The van der Waals surface area contributed by atoms with Crippen LogP contribution in [0.3, 0.4) is 0 Å². The Bertz CT molecular complexity index is 782. The highest BCUT2D eigenvalue weighted by molar-refractivity contribution is 5.88. The minimum absolute atomic E-state index is 0.162. The Hall–Kier alpha value is -2.79. The summed E-state index contributed by atoms with van der Waals surface area (Å²) in [6.07, 6.45) is 1.65. The zero-order valence-electron chi connectivity index (χ0n) is 12.2. The van der Waals surface area contributed by atoms with Gasteiger partial charge in [-0.25, -0.2) is 4.39 Å². The van der Waals surface area contributed by atoms with E-state index < -0.39 is 5.91 Å². The largest absolute Gasteiger partial charge is 0.363 e. The summed E-state index contributed by atoms with van der Waals surface area (Å²) in [7, 11) is 0. The first-order chi connectivity index (χ1) is 11.1. The van der Waals surface area contributed by atoms with E-state index in [9.17, 15) is 9.18 Å². The number of carbonyl (C=O) groups is 1. The number of amides is 1. The van der Waals surface area contributed by atoms with Gasteiger partial charge in [0.25, 0.3) is 11.7 Å². The standard InChI is InChI=1S/C15H14FN5O2/c16-11-4-3-9(7-17)6-10(11)8-21-5-1-2-12(21)15-19-14(13(18)22)20-23-15/h3-4,6,12H,1-2,5,8H2,(H2,18,22)/t12-/m1/s1. The van der Waals surface area contributed by atoms with E-state index in [-0.39, 0.29) is 17.7 Å². The molecule has 0 unspecified atom stereocenters. The van der Waals surface area contributed by atoms with Crippen molar-refractivity contribution in [2.24, 2.45) is 5.73 Å². The van der Waals surface area contributed by atoms with Gasteiger partial charge >= 0.3 is 0 Å². The van der Waals surface area contributed by atoms with Crippen LogP contribution in [0.1, 0.15) is 46.5 Å². The van der Waals surface area contributed by atoms with E-state index in [1.165, 1.54) is 18.2 Å². The van der Waals surface area contributed by atoms with E-state index in [1.54, 1.807) is 0 Å². The molecule has 0 bridgehead atoms. The molecule has 1 saturated heterocycles. The second-order valence-corrected chi connectivity index (χ2v) is 5.37. The van der Waals surface area contributed by atoms with Crippen molar-refractivity contribution >= 4 is 5.91 Å². The molecule has 3 rings (SSSR count). The SMILES string of the molecule is N#Cc1ccc(F)c(CN2CCC[C@@H]2c2nc(C(N)=O)no2)c1. The minimum Gasteiger partial charge on any atom is -0.363 e. The van der Waals surface area contributed by atoms with Crippen molar-refractivity contribution in [2.45, 2.75) is 25.4 Å². The molecule has 23 heavy (non-hydrogen) atoms. The Morgan fingerprint density at radius 2 is 2.39 bits per heavy atom. The summed E-state index contributed by atoms with van der Waals surface area (Å²) >= 11 is 0. The molecule has 1 aromatic heterocycles. The van der Waals surface area contributed by atoms with Crippen molar-refractivity contribution in [3.63, 3.8) is 0 Å². The van der Waals surface area contributed by atoms with Crippen LogP contribution in [-0.2, 0) is 6.54 Å². The van der Waals surface area contributed by atoms with Crippen LogP contribution >= 0.6 is 0 Å². The van der Waals surface area contributed by atoms with Gasteiger partial charge in [0.15, 0.2) is 0 Å². The molecule has 8 heteroatoms. The summed E-state index contributed by atoms with van der Waals surface area (Å²) in [5.41, 5.74) is 5.96. The number of nitriles is 1. The van der Waals surface area contributed by atoms with E-state index in [4.69, 9.17) is 15.5 Å². The van der Waals surface area contributed by atoms with Gasteiger partial charge in [-0.05, 0) is 37.6 Å². The summed E-state index contributed by atoms with van der Waals surface area (Å²) in [6, 6.07) is 6.07. The van der Waals surface area contributed by atoms with Crippen LogP contribution in [0.15, 0.2) is 22.7 Å². The van der Waals surface area contributed by atoms with Crippen LogP contribution in [0.5, 0.6) is 0 Å². The number of benzene rings is 1. The maximum absolute atomic E-state index is 14.0. The van der Waals surface area contributed by atoms with Crippen LogP contribution in [-0.4, -0.2) is 27.5 Å². The lowest BCUT2D eigenvalue weighted by Crippen LogP contribution is -2.24. The van der Waals surface area contributed by atoms with Gasteiger partial charge in [-0.1, -0.05) is 5.16 Å². The molecule has 0 radical (unpaired) electrons. The molecule has 1 atom stereocenters. The van der Waals surface area contributed by atoms with E-state index in [2.05, 4.69) is 10.1 Å². The number of nitrogens with zero attached hydrogens (tertiary/aromatic N) is 4. The van der Waals surface area contributed by atoms with Crippen molar-refractivity contribution in [3.8, 4) is 6.07 Å². The molecule has 0 aliphatic carbocycles. The lowest BCUT2D eigenvalue weighted by molar-refractivity contribution is 0.0987. The van der Waals surface area contributed by atoms with Crippen LogP contribution in [0.2, 0.25) is 0 Å². The Labute approximate surface area is 131 Å². The summed E-state index contributed by atoms with van der Waals surface area (Å²) in [4.78, 5) is 17.0. The van der Waals surface area contributed by atoms with Crippen LogP contribution < -0.4 is 5.73 Å². The lowest BCUT2D eigenvalue weighted by Gasteiger charge is -2.21. The number of carbonyl (C=O) groups excluding carboxylic acids is 1. The monoisotopic (exact) mass is 315 g/mol. The van der Waals surface area contributed by atoms with Crippen molar-refractivity contribution in [3.05, 3.63) is 46.9 Å². The Balaban J connectivity index is 1.82. The van der Waals surface area contributed by atoms with Gasteiger partial charge in [0.05, 0.1) is 17.7 Å². The van der Waals surface area contributed by atoms with Crippen LogP contribution in [0.25, 0.3) is 0 Å². The number of hydrogen-bond donors (Lipinski definition) is 1.